The lowest BCUT2D eigenvalue weighted by Crippen LogP contribution is -2.36. The minimum atomic E-state index is 0.789. The fourth-order valence-corrected chi connectivity index (χ4v) is 2.31. The van der Waals surface area contributed by atoms with E-state index in [1.54, 1.807) is 0 Å². The first kappa shape index (κ1) is 10.4. The first-order valence-corrected chi connectivity index (χ1v) is 5.88. The lowest BCUT2D eigenvalue weighted by Gasteiger charge is -2.29. The number of aromatic nitrogens is 1. The van der Waals surface area contributed by atoms with Crippen LogP contribution in [-0.4, -0.2) is 26.3 Å². The van der Waals surface area contributed by atoms with E-state index >= 15 is 0 Å². The van der Waals surface area contributed by atoms with Gasteiger partial charge in [-0.25, -0.2) is 4.98 Å². The van der Waals surface area contributed by atoms with Crippen molar-refractivity contribution in [2.24, 2.45) is 0 Å². The minimum absolute atomic E-state index is 0.789. The Morgan fingerprint density at radius 3 is 2.82 bits per heavy atom. The summed E-state index contributed by atoms with van der Waals surface area (Å²) in [5.41, 5.74) is 9.01. The Morgan fingerprint density at radius 2 is 2.00 bits per heavy atom. The average molecular weight is 230 g/mol. The van der Waals surface area contributed by atoms with Gasteiger partial charge in [-0.1, -0.05) is 0 Å². The first-order valence-electron chi connectivity index (χ1n) is 5.88. The number of nitrogens with one attached hydrogen (secondary N) is 1. The highest BCUT2D eigenvalue weighted by Crippen LogP contribution is 2.28. The molecule has 2 heterocycles. The molecule has 0 amide bonds. The van der Waals surface area contributed by atoms with Crippen LogP contribution < -0.4 is 15.6 Å². The molecule has 3 rings (SSSR count). The van der Waals surface area contributed by atoms with E-state index in [9.17, 15) is 0 Å². The molecule has 0 bridgehead atoms. The van der Waals surface area contributed by atoms with Gasteiger partial charge in [0.15, 0.2) is 6.20 Å². The summed E-state index contributed by atoms with van der Waals surface area (Å²) in [5.74, 6) is 0. The van der Waals surface area contributed by atoms with E-state index in [0.29, 0.717) is 0 Å². The summed E-state index contributed by atoms with van der Waals surface area (Å²) >= 11 is 0. The minimum Gasteiger partial charge on any atom is -0.393 e. The van der Waals surface area contributed by atoms with Crippen LogP contribution in [0.1, 0.15) is 0 Å². The Bertz CT molecular complexity index is 535. The third-order valence-corrected chi connectivity index (χ3v) is 3.19. The summed E-state index contributed by atoms with van der Waals surface area (Å²) in [7, 11) is 0. The summed E-state index contributed by atoms with van der Waals surface area (Å²) in [6.45, 7) is 3.46. The molecule has 1 fully saturated rings. The fourth-order valence-electron chi connectivity index (χ4n) is 2.31. The van der Waals surface area contributed by atoms with Gasteiger partial charge in [0.05, 0.1) is 24.3 Å². The lowest BCUT2D eigenvalue weighted by atomic mass is 10.1. The second-order valence-electron chi connectivity index (χ2n) is 4.23. The highest BCUT2D eigenvalue weighted by molar-refractivity contribution is 5.96. The van der Waals surface area contributed by atoms with E-state index < -0.39 is 0 Å². The van der Waals surface area contributed by atoms with Gasteiger partial charge >= 0.3 is 0 Å². The van der Waals surface area contributed by atoms with Crippen molar-refractivity contribution in [3.63, 3.8) is 0 Å². The van der Waals surface area contributed by atoms with Gasteiger partial charge in [-0.15, -0.1) is 0 Å². The topological polar surface area (TPSA) is 52.6 Å². The van der Waals surface area contributed by atoms with Crippen LogP contribution in [0.5, 0.6) is 0 Å². The number of rotatable bonds is 1. The van der Waals surface area contributed by atoms with Crippen LogP contribution in [0.15, 0.2) is 30.5 Å². The number of hydrogen-bond acceptors (Lipinski definition) is 3. The van der Waals surface area contributed by atoms with Crippen molar-refractivity contribution in [3.05, 3.63) is 30.5 Å². The Balaban J connectivity index is 2.12. The van der Waals surface area contributed by atoms with Gasteiger partial charge < -0.3 is 15.4 Å². The maximum atomic E-state index is 5.98. The number of nitrogen functional groups attached to an aromatic ring is 1. The molecule has 88 valence electrons. The molecule has 0 aliphatic carbocycles. The molecule has 1 aromatic carbocycles. The summed E-state index contributed by atoms with van der Waals surface area (Å²) in [4.78, 5) is 5.56. The molecule has 0 saturated carbocycles. The van der Waals surface area contributed by atoms with Crippen LogP contribution in [-0.2, 0) is 4.74 Å². The number of morpholine rings is 1. The Hall–Kier alpha value is -1.81. The molecule has 1 aliphatic heterocycles. The van der Waals surface area contributed by atoms with Crippen molar-refractivity contribution >= 4 is 22.3 Å². The second-order valence-corrected chi connectivity index (χ2v) is 4.23. The summed E-state index contributed by atoms with van der Waals surface area (Å²) in [6, 6.07) is 8.17. The van der Waals surface area contributed by atoms with Crippen LogP contribution in [0, 0.1) is 0 Å². The number of hydrogen-bond donors (Lipinski definition) is 1. The van der Waals surface area contributed by atoms with Gasteiger partial charge in [0.2, 0.25) is 5.52 Å². The van der Waals surface area contributed by atoms with Gasteiger partial charge in [0.1, 0.15) is 5.69 Å². The Morgan fingerprint density at radius 1 is 1.18 bits per heavy atom. The monoisotopic (exact) mass is 230 g/mol. The highest BCUT2D eigenvalue weighted by Gasteiger charge is 2.16. The van der Waals surface area contributed by atoms with Crippen LogP contribution in [0.2, 0.25) is 0 Å². The van der Waals surface area contributed by atoms with E-state index in [2.05, 4.69) is 22.0 Å². The first-order chi connectivity index (χ1) is 8.36. The number of anilines is 2. The number of ether oxygens (including phenoxy) is 1. The van der Waals surface area contributed by atoms with Gasteiger partial charge in [-0.05, 0) is 18.2 Å². The quantitative estimate of drug-likeness (QED) is 0.746. The van der Waals surface area contributed by atoms with E-state index in [0.717, 1.165) is 37.5 Å². The predicted molar refractivity (Wildman–Crippen MR) is 67.9 cm³/mol. The van der Waals surface area contributed by atoms with Crippen molar-refractivity contribution in [3.8, 4) is 0 Å². The number of H-pyrrole nitrogens is 1. The number of nitrogens with two attached hydrogens (primary N) is 1. The van der Waals surface area contributed by atoms with Crippen LogP contribution in [0.3, 0.4) is 0 Å². The molecular weight excluding hydrogens is 214 g/mol. The molecule has 4 nitrogen and oxygen atoms in total. The summed E-state index contributed by atoms with van der Waals surface area (Å²) < 4.78 is 5.38. The van der Waals surface area contributed by atoms with Crippen LogP contribution >= 0.6 is 0 Å². The molecule has 1 saturated heterocycles. The number of aromatic amines is 1. The van der Waals surface area contributed by atoms with E-state index in [4.69, 9.17) is 10.5 Å². The molecular formula is C13H16N3O+. The molecule has 3 N–H and O–H groups in total. The maximum absolute atomic E-state index is 5.98. The van der Waals surface area contributed by atoms with Crippen molar-refractivity contribution in [1.82, 2.24) is 0 Å². The fraction of sp³-hybridized carbons (Fsp3) is 0.308. The van der Waals surface area contributed by atoms with E-state index in [1.165, 1.54) is 11.1 Å². The largest absolute Gasteiger partial charge is 0.393 e. The Labute approximate surface area is 100.0 Å². The third kappa shape index (κ3) is 1.80. The molecule has 0 radical (unpaired) electrons. The smallest absolute Gasteiger partial charge is 0.236 e. The third-order valence-electron chi connectivity index (χ3n) is 3.19. The highest BCUT2D eigenvalue weighted by atomic mass is 16.5. The number of pyridine rings is 1. The standard InChI is InChI=1S/C13H15N3O/c14-11-3-4-12(16-6-8-17-9-7-16)10-2-1-5-15-13(10)11/h1-5H,6-9,14H2/p+1. The van der Waals surface area contributed by atoms with Crippen molar-refractivity contribution in [1.29, 1.82) is 0 Å². The second kappa shape index (κ2) is 4.22. The van der Waals surface area contributed by atoms with Crippen molar-refractivity contribution < 1.29 is 9.72 Å². The molecule has 0 spiro atoms. The van der Waals surface area contributed by atoms with Crippen LogP contribution in [0.25, 0.3) is 10.9 Å². The number of nitrogens with zero attached hydrogens (tertiary/aromatic N) is 1. The maximum Gasteiger partial charge on any atom is 0.236 e. The predicted octanol–water partition coefficient (Wildman–Crippen LogP) is 1.07. The molecule has 1 aromatic heterocycles. The molecule has 2 aromatic rings. The van der Waals surface area contributed by atoms with Gasteiger partial charge in [-0.2, -0.15) is 0 Å². The van der Waals surface area contributed by atoms with Crippen molar-refractivity contribution in [2.45, 2.75) is 0 Å². The van der Waals surface area contributed by atoms with Gasteiger partial charge in [-0.3, -0.25) is 0 Å². The van der Waals surface area contributed by atoms with Crippen molar-refractivity contribution in [2.75, 3.05) is 36.9 Å². The Kier molecular flexibility index (Phi) is 2.57. The normalized spacial score (nSPS) is 16.4. The summed E-state index contributed by atoms with van der Waals surface area (Å²) in [6.07, 6.45) is 1.90. The molecule has 17 heavy (non-hydrogen) atoms. The molecule has 0 atom stereocenters. The molecule has 4 heteroatoms. The SMILES string of the molecule is Nc1ccc(N2CCOCC2)c2ccc[nH+]c12. The lowest BCUT2D eigenvalue weighted by molar-refractivity contribution is -0.344. The van der Waals surface area contributed by atoms with E-state index in [1.807, 2.05) is 18.3 Å². The van der Waals surface area contributed by atoms with Crippen LogP contribution in [0.4, 0.5) is 11.4 Å². The number of fused-ring (bicyclic) bond motifs is 1. The zero-order valence-corrected chi connectivity index (χ0v) is 9.65. The zero-order chi connectivity index (χ0) is 11.7. The number of benzene rings is 1. The van der Waals surface area contributed by atoms with E-state index in [-0.39, 0.29) is 0 Å². The summed E-state index contributed by atoms with van der Waals surface area (Å²) in [5, 5.41) is 1.18. The van der Waals surface area contributed by atoms with Gasteiger partial charge in [0, 0.05) is 19.2 Å². The molecule has 1 aliphatic rings. The zero-order valence-electron chi connectivity index (χ0n) is 9.65. The average Bonchev–Trinajstić information content (AvgIpc) is 2.41. The van der Waals surface area contributed by atoms with Gasteiger partial charge in [0.25, 0.3) is 0 Å². The molecule has 0 unspecified atom stereocenters.